The highest BCUT2D eigenvalue weighted by molar-refractivity contribution is 9.10. The second kappa shape index (κ2) is 6.17. The summed E-state index contributed by atoms with van der Waals surface area (Å²) in [6.45, 7) is 1.94. The lowest BCUT2D eigenvalue weighted by Gasteiger charge is -2.15. The minimum Gasteiger partial charge on any atom is -0.235 e. The van der Waals surface area contributed by atoms with Gasteiger partial charge in [0, 0.05) is 18.8 Å². The van der Waals surface area contributed by atoms with E-state index in [4.69, 9.17) is 0 Å². The van der Waals surface area contributed by atoms with Crippen LogP contribution in [-0.2, 0) is 17.1 Å². The molecule has 1 heterocycles. The maximum Gasteiger partial charge on any atom is 0.260 e. The Morgan fingerprint density at radius 2 is 2.24 bits per heavy atom. The summed E-state index contributed by atoms with van der Waals surface area (Å²) in [7, 11) is -2.04. The molecule has 0 bridgehead atoms. The highest BCUT2D eigenvalue weighted by Crippen LogP contribution is 2.18. The normalized spacial score (nSPS) is 13.9. The van der Waals surface area contributed by atoms with Crippen molar-refractivity contribution in [2.45, 2.75) is 24.4 Å². The summed E-state index contributed by atoms with van der Waals surface area (Å²) in [6.07, 6.45) is 2.68. The van der Waals surface area contributed by atoms with Crippen molar-refractivity contribution in [3.63, 3.8) is 0 Å². The molecule has 6 nitrogen and oxygen atoms in total. The van der Waals surface area contributed by atoms with Gasteiger partial charge in [-0.15, -0.1) is 5.10 Å². The van der Waals surface area contributed by atoms with E-state index in [2.05, 4.69) is 31.0 Å². The van der Waals surface area contributed by atoms with Gasteiger partial charge in [0.15, 0.2) is 4.60 Å². The van der Waals surface area contributed by atoms with E-state index in [1.165, 1.54) is 4.68 Å². The fourth-order valence-corrected chi connectivity index (χ4v) is 4.56. The quantitative estimate of drug-likeness (QED) is 0.834. The SMILES string of the molecule is CCC(CSC)NS(=O)(=O)c1c(Br)nnn1C. The number of sulfonamides is 1. The van der Waals surface area contributed by atoms with Gasteiger partial charge in [-0.05, 0) is 28.6 Å². The van der Waals surface area contributed by atoms with Crippen LogP contribution in [0.25, 0.3) is 0 Å². The summed E-state index contributed by atoms with van der Waals surface area (Å²) in [4.78, 5) is 0. The van der Waals surface area contributed by atoms with Crippen LogP contribution in [-0.4, -0.2) is 41.5 Å². The van der Waals surface area contributed by atoms with Gasteiger partial charge in [-0.2, -0.15) is 11.8 Å². The van der Waals surface area contributed by atoms with E-state index in [-0.39, 0.29) is 15.7 Å². The van der Waals surface area contributed by atoms with Gasteiger partial charge in [-0.1, -0.05) is 12.1 Å². The Morgan fingerprint density at radius 3 is 2.65 bits per heavy atom. The van der Waals surface area contributed by atoms with Gasteiger partial charge in [0.25, 0.3) is 10.0 Å². The molecule has 9 heteroatoms. The molecule has 0 saturated carbocycles. The van der Waals surface area contributed by atoms with Crippen molar-refractivity contribution in [3.05, 3.63) is 4.60 Å². The molecule has 0 aromatic carbocycles. The maximum absolute atomic E-state index is 12.1. The second-order valence-electron chi connectivity index (χ2n) is 3.49. The number of nitrogens with zero attached hydrogens (tertiary/aromatic N) is 3. The van der Waals surface area contributed by atoms with Gasteiger partial charge < -0.3 is 0 Å². The number of hydrogen-bond acceptors (Lipinski definition) is 5. The molecule has 1 unspecified atom stereocenters. The zero-order chi connectivity index (χ0) is 13.1. The minimum absolute atomic E-state index is 0.0528. The monoisotopic (exact) mass is 342 g/mol. The predicted octanol–water partition coefficient (Wildman–Crippen LogP) is 0.998. The molecular weight excluding hydrogens is 328 g/mol. The highest BCUT2D eigenvalue weighted by atomic mass is 79.9. The van der Waals surface area contributed by atoms with E-state index in [0.717, 1.165) is 12.2 Å². The van der Waals surface area contributed by atoms with Crippen molar-refractivity contribution < 1.29 is 8.42 Å². The van der Waals surface area contributed by atoms with Crippen molar-refractivity contribution in [1.82, 2.24) is 19.7 Å². The van der Waals surface area contributed by atoms with Gasteiger partial charge in [-0.3, -0.25) is 0 Å². The molecule has 17 heavy (non-hydrogen) atoms. The van der Waals surface area contributed by atoms with E-state index in [1.807, 2.05) is 13.2 Å². The molecule has 1 N–H and O–H groups in total. The molecule has 0 fully saturated rings. The molecule has 1 atom stereocenters. The Labute approximate surface area is 114 Å². The van der Waals surface area contributed by atoms with Crippen LogP contribution in [0.1, 0.15) is 13.3 Å². The van der Waals surface area contributed by atoms with Crippen molar-refractivity contribution in [1.29, 1.82) is 0 Å². The smallest absolute Gasteiger partial charge is 0.235 e. The molecule has 1 rings (SSSR count). The van der Waals surface area contributed by atoms with Gasteiger partial charge >= 0.3 is 0 Å². The average molecular weight is 343 g/mol. The first-order valence-electron chi connectivity index (χ1n) is 4.98. The molecule has 0 radical (unpaired) electrons. The summed E-state index contributed by atoms with van der Waals surface area (Å²) in [5.74, 6) is 0.735. The molecule has 1 aromatic rings. The van der Waals surface area contributed by atoms with Crippen LogP contribution < -0.4 is 4.72 Å². The fraction of sp³-hybridized carbons (Fsp3) is 0.750. The van der Waals surface area contributed by atoms with Gasteiger partial charge in [-0.25, -0.2) is 17.8 Å². The molecule has 0 aliphatic heterocycles. The zero-order valence-corrected chi connectivity index (χ0v) is 13.1. The molecule has 98 valence electrons. The summed E-state index contributed by atoms with van der Waals surface area (Å²) >= 11 is 4.69. The Kier molecular flexibility index (Phi) is 5.42. The molecule has 0 aliphatic carbocycles. The lowest BCUT2D eigenvalue weighted by Crippen LogP contribution is -2.37. The maximum atomic E-state index is 12.1. The lowest BCUT2D eigenvalue weighted by atomic mass is 10.3. The summed E-state index contributed by atoms with van der Waals surface area (Å²) < 4.78 is 28.4. The fourth-order valence-electron chi connectivity index (χ4n) is 1.32. The Balaban J connectivity index is 2.96. The molecule has 0 spiro atoms. The largest absolute Gasteiger partial charge is 0.260 e. The van der Waals surface area contributed by atoms with Crippen molar-refractivity contribution in [2.24, 2.45) is 7.05 Å². The number of hydrogen-bond donors (Lipinski definition) is 1. The third-order valence-corrected chi connectivity index (χ3v) is 5.32. The molecule has 0 amide bonds. The number of halogens is 1. The number of rotatable bonds is 6. The minimum atomic E-state index is -3.58. The molecule has 0 saturated heterocycles. The highest BCUT2D eigenvalue weighted by Gasteiger charge is 2.26. The van der Waals surface area contributed by atoms with Crippen LogP contribution >= 0.6 is 27.7 Å². The van der Waals surface area contributed by atoms with E-state index in [0.29, 0.717) is 0 Å². The Hall–Kier alpha value is -0.120. The summed E-state index contributed by atoms with van der Waals surface area (Å²) in [6, 6.07) is -0.0863. The predicted molar refractivity (Wildman–Crippen MR) is 71.5 cm³/mol. The van der Waals surface area contributed by atoms with E-state index >= 15 is 0 Å². The van der Waals surface area contributed by atoms with Crippen LogP contribution in [0.3, 0.4) is 0 Å². The van der Waals surface area contributed by atoms with E-state index in [9.17, 15) is 8.42 Å². The second-order valence-corrected chi connectivity index (χ2v) is 6.78. The third-order valence-electron chi connectivity index (χ3n) is 2.17. The first kappa shape index (κ1) is 14.9. The van der Waals surface area contributed by atoms with Crippen molar-refractivity contribution in [2.75, 3.05) is 12.0 Å². The van der Waals surface area contributed by atoms with Gasteiger partial charge in [0.1, 0.15) is 0 Å². The number of aromatic nitrogens is 3. The van der Waals surface area contributed by atoms with E-state index < -0.39 is 10.0 Å². The first-order valence-corrected chi connectivity index (χ1v) is 8.65. The van der Waals surface area contributed by atoms with Crippen LogP contribution in [0.4, 0.5) is 0 Å². The van der Waals surface area contributed by atoms with Gasteiger partial charge in [0.05, 0.1) is 0 Å². The Bertz CT molecular complexity index is 454. The standard InChI is InChI=1S/C8H15BrN4O2S2/c1-4-6(5-16-3)11-17(14,15)8-7(9)10-12-13(8)2/h6,11H,4-5H2,1-3H3. The van der Waals surface area contributed by atoms with Crippen molar-refractivity contribution in [3.8, 4) is 0 Å². The Morgan fingerprint density at radius 1 is 1.59 bits per heavy atom. The zero-order valence-electron chi connectivity index (χ0n) is 9.84. The van der Waals surface area contributed by atoms with E-state index in [1.54, 1.807) is 18.8 Å². The van der Waals surface area contributed by atoms with Gasteiger partial charge in [0.2, 0.25) is 5.03 Å². The topological polar surface area (TPSA) is 76.9 Å². The summed E-state index contributed by atoms with van der Waals surface area (Å²) in [5, 5.41) is 7.38. The van der Waals surface area contributed by atoms with Crippen LogP contribution in [0, 0.1) is 0 Å². The summed E-state index contributed by atoms with van der Waals surface area (Å²) in [5.41, 5.74) is 0. The first-order chi connectivity index (χ1) is 7.92. The van der Waals surface area contributed by atoms with Crippen LogP contribution in [0.5, 0.6) is 0 Å². The van der Waals surface area contributed by atoms with Crippen LogP contribution in [0.2, 0.25) is 0 Å². The van der Waals surface area contributed by atoms with Crippen molar-refractivity contribution >= 4 is 37.7 Å². The number of thioether (sulfide) groups is 1. The van der Waals surface area contributed by atoms with Crippen LogP contribution in [0.15, 0.2) is 9.63 Å². The average Bonchev–Trinajstić information content (AvgIpc) is 2.58. The number of aryl methyl sites for hydroxylation is 1. The molecule has 1 aromatic heterocycles. The third kappa shape index (κ3) is 3.67. The number of nitrogens with one attached hydrogen (secondary N) is 1. The molecular formula is C8H15BrN4O2S2. The lowest BCUT2D eigenvalue weighted by molar-refractivity contribution is 0.541. The molecule has 0 aliphatic rings.